The van der Waals surface area contributed by atoms with Gasteiger partial charge in [-0.2, -0.15) is 0 Å². The van der Waals surface area contributed by atoms with Gasteiger partial charge in [0.25, 0.3) is 5.56 Å². The Labute approximate surface area is 270 Å². The molecular formula is C35H36F2N6O4. The van der Waals surface area contributed by atoms with Crippen molar-refractivity contribution in [2.75, 3.05) is 18.8 Å². The van der Waals surface area contributed by atoms with Gasteiger partial charge in [0, 0.05) is 44.9 Å². The first-order valence-electron chi connectivity index (χ1n) is 15.6. The number of nitrogens with zero attached hydrogens (tertiary/aromatic N) is 5. The van der Waals surface area contributed by atoms with E-state index >= 15 is 4.39 Å². The third-order valence-electron chi connectivity index (χ3n) is 9.18. The maximum absolute atomic E-state index is 16.2. The number of anilines is 1. The summed E-state index contributed by atoms with van der Waals surface area (Å²) in [5.41, 5.74) is 3.02. The van der Waals surface area contributed by atoms with Crippen LogP contribution in [0.2, 0.25) is 0 Å². The fourth-order valence-electron chi connectivity index (χ4n) is 6.44. The van der Waals surface area contributed by atoms with E-state index in [1.165, 1.54) is 35.2 Å². The number of rotatable bonds is 6. The van der Waals surface area contributed by atoms with Gasteiger partial charge in [0.1, 0.15) is 17.9 Å². The SMILES string of the molecule is Cn1ccnc1C#C[C@]1(F)CC[C@@H](C(=O)N2CCC(O)(Cn3cnc(Oc4ccc(F)cc4)c(N)c3=O)CC2)[C@H](c2ccccc2)C1. The zero-order valence-electron chi connectivity index (χ0n) is 26.0. The molecule has 1 saturated heterocycles. The number of hydrogen-bond donors (Lipinski definition) is 2. The molecule has 2 aliphatic rings. The number of ether oxygens (including phenoxy) is 1. The molecule has 6 rings (SSSR count). The molecule has 3 atom stereocenters. The molecule has 4 aromatic rings. The largest absolute Gasteiger partial charge is 0.437 e. The molecule has 12 heteroatoms. The van der Waals surface area contributed by atoms with Gasteiger partial charge in [0.15, 0.2) is 17.2 Å². The highest BCUT2D eigenvalue weighted by Gasteiger charge is 2.46. The average Bonchev–Trinajstić information content (AvgIpc) is 3.49. The van der Waals surface area contributed by atoms with Crippen LogP contribution >= 0.6 is 0 Å². The van der Waals surface area contributed by atoms with Crippen molar-refractivity contribution in [1.29, 1.82) is 0 Å². The minimum absolute atomic E-state index is 0.0724. The summed E-state index contributed by atoms with van der Waals surface area (Å²) in [6.07, 6.45) is 5.61. The second kappa shape index (κ2) is 13.0. The first-order chi connectivity index (χ1) is 22.5. The molecule has 1 amide bonds. The van der Waals surface area contributed by atoms with Crippen LogP contribution in [0.1, 0.15) is 49.4 Å². The summed E-state index contributed by atoms with van der Waals surface area (Å²) >= 11 is 0. The molecule has 244 valence electrons. The normalized spacial score (nSPS) is 22.3. The summed E-state index contributed by atoms with van der Waals surface area (Å²) < 4.78 is 37.9. The van der Waals surface area contributed by atoms with Crippen LogP contribution in [0.25, 0.3) is 0 Å². The zero-order chi connectivity index (χ0) is 33.2. The van der Waals surface area contributed by atoms with Crippen LogP contribution in [0.5, 0.6) is 11.6 Å². The molecule has 2 aromatic carbocycles. The lowest BCUT2D eigenvalue weighted by molar-refractivity contribution is -0.142. The molecule has 2 aromatic heterocycles. The topological polar surface area (TPSA) is 128 Å². The van der Waals surface area contributed by atoms with Gasteiger partial charge in [0.2, 0.25) is 11.8 Å². The summed E-state index contributed by atoms with van der Waals surface area (Å²) in [6, 6.07) is 14.7. The smallest absolute Gasteiger partial charge is 0.280 e. The molecule has 0 radical (unpaired) electrons. The number of amides is 1. The van der Waals surface area contributed by atoms with Crippen LogP contribution in [0, 0.1) is 23.6 Å². The first-order valence-corrected chi connectivity index (χ1v) is 15.6. The maximum atomic E-state index is 16.2. The Hall–Kier alpha value is -5.02. The standard InChI is InChI=1S/C35H36F2N6O4/c1-41-20-17-39-29(41)12-14-34(37)13-11-27(28(21-34)24-5-3-2-4-6-24)32(44)42-18-15-35(46,16-19-42)22-43-23-40-31(30(38)33(43)45)47-26-9-7-25(36)8-10-26/h2-10,17,20,23,27-28,46H,11,13,15-16,18-19,21-22,38H2,1H3/t27-,28+,34-/m1/s1. The third-order valence-corrected chi connectivity index (χ3v) is 9.18. The summed E-state index contributed by atoms with van der Waals surface area (Å²) in [5.74, 6) is 4.99. The van der Waals surface area contributed by atoms with E-state index in [4.69, 9.17) is 10.5 Å². The van der Waals surface area contributed by atoms with E-state index in [2.05, 4.69) is 21.8 Å². The Balaban J connectivity index is 1.12. The number of hydrogen-bond acceptors (Lipinski definition) is 7. The van der Waals surface area contributed by atoms with Crippen molar-refractivity contribution in [1.82, 2.24) is 24.0 Å². The first kappa shape index (κ1) is 31.9. The molecule has 1 aliphatic heterocycles. The fraction of sp³-hybridized carbons (Fsp3) is 0.371. The van der Waals surface area contributed by atoms with Gasteiger partial charge in [-0.25, -0.2) is 18.7 Å². The number of aromatic nitrogens is 4. The van der Waals surface area contributed by atoms with Gasteiger partial charge in [-0.1, -0.05) is 36.3 Å². The minimum Gasteiger partial charge on any atom is -0.437 e. The number of alkyl halides is 1. The molecule has 3 N–H and O–H groups in total. The lowest BCUT2D eigenvalue weighted by Gasteiger charge is -2.43. The van der Waals surface area contributed by atoms with E-state index in [0.717, 1.165) is 5.56 Å². The summed E-state index contributed by atoms with van der Waals surface area (Å²) in [6.45, 7) is 0.476. The monoisotopic (exact) mass is 642 g/mol. The highest BCUT2D eigenvalue weighted by Crippen LogP contribution is 2.45. The highest BCUT2D eigenvalue weighted by molar-refractivity contribution is 5.80. The number of carbonyl (C=O) groups excluding carboxylic acids is 1. The number of carbonyl (C=O) groups is 1. The Morgan fingerprint density at radius 2 is 1.83 bits per heavy atom. The number of aryl methyl sites for hydroxylation is 1. The van der Waals surface area contributed by atoms with E-state index in [1.54, 1.807) is 28.9 Å². The Morgan fingerprint density at radius 1 is 1.11 bits per heavy atom. The maximum Gasteiger partial charge on any atom is 0.280 e. The molecule has 0 bridgehead atoms. The van der Waals surface area contributed by atoms with Crippen LogP contribution in [0.15, 0.2) is 78.1 Å². The highest BCUT2D eigenvalue weighted by atomic mass is 19.1. The Morgan fingerprint density at radius 3 is 2.51 bits per heavy atom. The van der Waals surface area contributed by atoms with E-state index in [-0.39, 0.29) is 74.5 Å². The number of likely N-dealkylation sites (tertiary alicyclic amines) is 1. The predicted molar refractivity (Wildman–Crippen MR) is 171 cm³/mol. The van der Waals surface area contributed by atoms with E-state index in [1.807, 2.05) is 30.3 Å². The van der Waals surface area contributed by atoms with Gasteiger partial charge in [-0.15, -0.1) is 0 Å². The van der Waals surface area contributed by atoms with Crippen molar-refractivity contribution in [3.05, 3.63) is 101 Å². The van der Waals surface area contributed by atoms with Gasteiger partial charge < -0.3 is 25.0 Å². The molecule has 0 unspecified atom stereocenters. The van der Waals surface area contributed by atoms with Crippen molar-refractivity contribution in [2.24, 2.45) is 13.0 Å². The van der Waals surface area contributed by atoms with E-state index in [9.17, 15) is 19.1 Å². The molecule has 2 fully saturated rings. The third kappa shape index (κ3) is 7.05. The zero-order valence-corrected chi connectivity index (χ0v) is 26.0. The lowest BCUT2D eigenvalue weighted by atomic mass is 9.69. The van der Waals surface area contributed by atoms with Gasteiger partial charge >= 0.3 is 0 Å². The Kier molecular flexibility index (Phi) is 8.84. The molecular weight excluding hydrogens is 606 g/mol. The molecule has 10 nitrogen and oxygen atoms in total. The molecule has 47 heavy (non-hydrogen) atoms. The number of aliphatic hydroxyl groups is 1. The Bertz CT molecular complexity index is 1860. The summed E-state index contributed by atoms with van der Waals surface area (Å²) in [4.78, 5) is 37.0. The number of halogens is 2. The number of nitrogens with two attached hydrogens (primary N) is 1. The second-order valence-electron chi connectivity index (χ2n) is 12.4. The molecule has 0 spiro atoms. The molecule has 1 saturated carbocycles. The van der Waals surface area contributed by atoms with Gasteiger partial charge in [-0.3, -0.25) is 14.2 Å². The van der Waals surface area contributed by atoms with Gasteiger partial charge in [-0.05, 0) is 67.4 Å². The van der Waals surface area contributed by atoms with Gasteiger partial charge in [0.05, 0.1) is 12.1 Å². The number of imidazole rings is 1. The lowest BCUT2D eigenvalue weighted by Crippen LogP contribution is -2.52. The van der Waals surface area contributed by atoms with Crippen molar-refractivity contribution < 1.29 is 23.4 Å². The molecule has 1 aliphatic carbocycles. The fourth-order valence-corrected chi connectivity index (χ4v) is 6.44. The number of piperidine rings is 1. The van der Waals surface area contributed by atoms with Crippen molar-refractivity contribution in [2.45, 2.75) is 55.8 Å². The van der Waals surface area contributed by atoms with Crippen LogP contribution in [-0.4, -0.2) is 59.4 Å². The van der Waals surface area contributed by atoms with Crippen LogP contribution in [-0.2, 0) is 18.4 Å². The summed E-state index contributed by atoms with van der Waals surface area (Å²) in [5, 5.41) is 11.4. The van der Waals surface area contributed by atoms with Crippen molar-refractivity contribution in [3.63, 3.8) is 0 Å². The van der Waals surface area contributed by atoms with E-state index < -0.39 is 28.6 Å². The summed E-state index contributed by atoms with van der Waals surface area (Å²) in [7, 11) is 1.80. The van der Waals surface area contributed by atoms with E-state index in [0.29, 0.717) is 12.2 Å². The van der Waals surface area contributed by atoms with Crippen LogP contribution in [0.3, 0.4) is 0 Å². The quantitative estimate of drug-likeness (QED) is 0.302. The second-order valence-corrected chi connectivity index (χ2v) is 12.4. The minimum atomic E-state index is -1.77. The van der Waals surface area contributed by atoms with Crippen LogP contribution < -0.4 is 16.0 Å². The number of nitrogen functional groups attached to an aromatic ring is 1. The van der Waals surface area contributed by atoms with Crippen molar-refractivity contribution >= 4 is 11.6 Å². The predicted octanol–water partition coefficient (Wildman–Crippen LogP) is 4.19. The average molecular weight is 643 g/mol. The van der Waals surface area contributed by atoms with Crippen LogP contribution in [0.4, 0.5) is 14.5 Å². The van der Waals surface area contributed by atoms with Crippen molar-refractivity contribution in [3.8, 4) is 23.5 Å². The number of benzene rings is 2. The molecule has 3 heterocycles.